The molecular formula is C22H31F2N5O2S2. The molecule has 1 aliphatic heterocycles. The molecule has 33 heavy (non-hydrogen) atoms. The zero-order valence-corrected chi connectivity index (χ0v) is 20.5. The van der Waals surface area contributed by atoms with Crippen LogP contribution in [0.3, 0.4) is 0 Å². The lowest BCUT2D eigenvalue weighted by molar-refractivity contribution is -0.121. The van der Waals surface area contributed by atoms with E-state index in [9.17, 15) is 13.6 Å². The van der Waals surface area contributed by atoms with E-state index in [0.717, 1.165) is 73.9 Å². The highest BCUT2D eigenvalue weighted by atomic mass is 32.1. The Balaban J connectivity index is 1.13. The van der Waals surface area contributed by atoms with Crippen molar-refractivity contribution >= 4 is 28.6 Å². The molecule has 0 radical (unpaired) electrons. The van der Waals surface area contributed by atoms with Crippen LogP contribution in [0.1, 0.15) is 52.7 Å². The number of nitrogens with zero attached hydrogens (tertiary/aromatic N) is 4. The number of halogens is 2. The molecule has 7 nitrogen and oxygen atoms in total. The third-order valence-electron chi connectivity index (χ3n) is 6.36. The van der Waals surface area contributed by atoms with E-state index in [1.165, 1.54) is 34.0 Å². The van der Waals surface area contributed by atoms with E-state index in [2.05, 4.69) is 25.4 Å². The van der Waals surface area contributed by atoms with Gasteiger partial charge in [0.2, 0.25) is 5.91 Å². The van der Waals surface area contributed by atoms with Crippen LogP contribution in [0.2, 0.25) is 0 Å². The molecule has 0 saturated heterocycles. The molecule has 1 amide bonds. The molecule has 1 fully saturated rings. The van der Waals surface area contributed by atoms with Gasteiger partial charge >= 0.3 is 0 Å². The highest BCUT2D eigenvalue weighted by Crippen LogP contribution is 2.30. The average molecular weight is 500 g/mol. The molecule has 2 aromatic rings. The average Bonchev–Trinajstić information content (AvgIpc) is 3.32. The molecule has 1 N–H and O–H groups in total. The van der Waals surface area contributed by atoms with Gasteiger partial charge in [0.1, 0.15) is 10.0 Å². The zero-order valence-electron chi connectivity index (χ0n) is 18.9. The fourth-order valence-corrected chi connectivity index (χ4v) is 6.25. The highest BCUT2D eigenvalue weighted by molar-refractivity contribution is 7.13. The monoisotopic (exact) mass is 499 g/mol. The maximum Gasteiger partial charge on any atom is 0.273 e. The van der Waals surface area contributed by atoms with Gasteiger partial charge in [-0.25, -0.2) is 13.8 Å². The molecular weight excluding hydrogens is 468 g/mol. The topological polar surface area (TPSA) is 80.2 Å². The number of carbonyl (C=O) groups excluding carboxylic acids is 1. The van der Waals surface area contributed by atoms with E-state index >= 15 is 0 Å². The van der Waals surface area contributed by atoms with Gasteiger partial charge in [0.15, 0.2) is 6.61 Å². The number of amides is 1. The lowest BCUT2D eigenvalue weighted by Crippen LogP contribution is -2.39. The number of hydrogen-bond acceptors (Lipinski definition) is 8. The second-order valence-corrected chi connectivity index (χ2v) is 11.2. The Morgan fingerprint density at radius 2 is 1.97 bits per heavy atom. The normalized spacial score (nSPS) is 21.6. The number of carbonyl (C=O) groups is 1. The van der Waals surface area contributed by atoms with Crippen LogP contribution in [0, 0.1) is 12.8 Å². The standard InChI is InChI=1S/C22H31F2N5O2S2/c1-14-27-28-21(32-14)12-20(30)25-16-4-2-15(3-5-16)6-9-29-10-7-17-18(8-11-29)33-22(26-17)31-13-19(23)24/h15-16,19H,2-13H2,1H3,(H,25,30). The van der Waals surface area contributed by atoms with E-state index in [4.69, 9.17) is 4.74 Å². The minimum Gasteiger partial charge on any atom is -0.464 e. The van der Waals surface area contributed by atoms with Gasteiger partial charge in [0.05, 0.1) is 12.1 Å². The first-order valence-corrected chi connectivity index (χ1v) is 13.3. The fourth-order valence-electron chi connectivity index (χ4n) is 4.59. The summed E-state index contributed by atoms with van der Waals surface area (Å²) in [6.07, 6.45) is 5.14. The summed E-state index contributed by atoms with van der Waals surface area (Å²) in [4.78, 5) is 20.4. The number of ether oxygens (including phenoxy) is 1. The van der Waals surface area contributed by atoms with Crippen LogP contribution in [0.5, 0.6) is 5.19 Å². The third kappa shape index (κ3) is 7.38. The molecule has 4 rings (SSSR count). The quantitative estimate of drug-likeness (QED) is 0.567. The largest absolute Gasteiger partial charge is 0.464 e. The van der Waals surface area contributed by atoms with Crippen LogP contribution in [0.15, 0.2) is 0 Å². The number of rotatable bonds is 9. The number of aromatic nitrogens is 3. The first-order valence-electron chi connectivity index (χ1n) is 11.6. The Hall–Kier alpha value is -1.72. The van der Waals surface area contributed by atoms with Gasteiger partial charge < -0.3 is 15.0 Å². The molecule has 1 aliphatic carbocycles. The fraction of sp³-hybridized carbons (Fsp3) is 0.727. The van der Waals surface area contributed by atoms with Gasteiger partial charge in [-0.15, -0.1) is 21.5 Å². The van der Waals surface area contributed by atoms with Crippen molar-refractivity contribution in [3.05, 3.63) is 20.6 Å². The molecule has 0 unspecified atom stereocenters. The molecule has 0 spiro atoms. The first kappa shape index (κ1) is 24.4. The molecule has 0 atom stereocenters. The molecule has 1 saturated carbocycles. The summed E-state index contributed by atoms with van der Waals surface area (Å²) < 4.78 is 29.8. The number of aryl methyl sites for hydroxylation is 1. The minimum atomic E-state index is -2.47. The smallest absolute Gasteiger partial charge is 0.273 e. The summed E-state index contributed by atoms with van der Waals surface area (Å²) in [6, 6.07) is 0.268. The van der Waals surface area contributed by atoms with Crippen molar-refractivity contribution in [1.29, 1.82) is 0 Å². The zero-order chi connectivity index (χ0) is 23.2. The van der Waals surface area contributed by atoms with E-state index in [0.29, 0.717) is 17.5 Å². The second kappa shape index (κ2) is 11.6. The number of nitrogens with one attached hydrogen (secondary N) is 1. The molecule has 182 valence electrons. The SMILES string of the molecule is Cc1nnc(CC(=O)NC2CCC(CCN3CCc4nc(OCC(F)F)sc4CC3)CC2)s1. The van der Waals surface area contributed by atoms with E-state index < -0.39 is 13.0 Å². The van der Waals surface area contributed by atoms with Gasteiger partial charge in [-0.2, -0.15) is 0 Å². The van der Waals surface area contributed by atoms with Gasteiger partial charge in [-0.3, -0.25) is 4.79 Å². The van der Waals surface area contributed by atoms with Crippen molar-refractivity contribution < 1.29 is 18.3 Å². The Bertz CT molecular complexity index is 889. The summed E-state index contributed by atoms with van der Waals surface area (Å²) in [5, 5.41) is 13.2. The van der Waals surface area contributed by atoms with Crippen molar-refractivity contribution in [1.82, 2.24) is 25.4 Å². The summed E-state index contributed by atoms with van der Waals surface area (Å²) in [7, 11) is 0. The second-order valence-electron chi connectivity index (χ2n) is 8.86. The Labute approximate surface area is 201 Å². The van der Waals surface area contributed by atoms with Crippen LogP contribution in [-0.4, -0.2) is 64.7 Å². The van der Waals surface area contributed by atoms with Crippen molar-refractivity contribution in [2.75, 3.05) is 26.2 Å². The van der Waals surface area contributed by atoms with Crippen LogP contribution < -0.4 is 10.1 Å². The van der Waals surface area contributed by atoms with Crippen molar-refractivity contribution in [3.8, 4) is 5.19 Å². The van der Waals surface area contributed by atoms with E-state index in [1.54, 1.807) is 0 Å². The number of hydrogen-bond donors (Lipinski definition) is 1. The third-order valence-corrected chi connectivity index (χ3v) is 8.27. The van der Waals surface area contributed by atoms with Gasteiger partial charge in [-0.1, -0.05) is 11.3 Å². The first-order chi connectivity index (χ1) is 15.9. The molecule has 0 bridgehead atoms. The van der Waals surface area contributed by atoms with Crippen LogP contribution in [0.4, 0.5) is 8.78 Å². The highest BCUT2D eigenvalue weighted by Gasteiger charge is 2.24. The maximum atomic E-state index is 12.3. The van der Waals surface area contributed by atoms with Gasteiger partial charge in [0.25, 0.3) is 11.6 Å². The Morgan fingerprint density at radius 1 is 1.18 bits per heavy atom. The minimum absolute atomic E-state index is 0.0445. The summed E-state index contributed by atoms with van der Waals surface area (Å²) in [6.45, 7) is 4.30. The lowest BCUT2D eigenvalue weighted by Gasteiger charge is -2.30. The van der Waals surface area contributed by atoms with Crippen LogP contribution in [-0.2, 0) is 24.1 Å². The Kier molecular flexibility index (Phi) is 8.59. The molecule has 0 aromatic carbocycles. The van der Waals surface area contributed by atoms with Crippen LogP contribution in [0.25, 0.3) is 0 Å². The predicted molar refractivity (Wildman–Crippen MR) is 124 cm³/mol. The van der Waals surface area contributed by atoms with E-state index in [1.807, 2.05) is 6.92 Å². The van der Waals surface area contributed by atoms with E-state index in [-0.39, 0.29) is 11.9 Å². The number of fused-ring (bicyclic) bond motifs is 1. The summed E-state index contributed by atoms with van der Waals surface area (Å²) in [5.41, 5.74) is 1.01. The molecule has 11 heteroatoms. The maximum absolute atomic E-state index is 12.3. The predicted octanol–water partition coefficient (Wildman–Crippen LogP) is 3.66. The number of thiazole rings is 1. The van der Waals surface area contributed by atoms with Crippen molar-refractivity contribution in [2.45, 2.75) is 70.8 Å². The lowest BCUT2D eigenvalue weighted by atomic mass is 9.84. The Morgan fingerprint density at radius 3 is 2.70 bits per heavy atom. The van der Waals surface area contributed by atoms with Crippen molar-refractivity contribution in [2.24, 2.45) is 5.92 Å². The molecule has 2 aliphatic rings. The van der Waals surface area contributed by atoms with Crippen LogP contribution >= 0.6 is 22.7 Å². The van der Waals surface area contributed by atoms with Crippen molar-refractivity contribution in [3.63, 3.8) is 0 Å². The number of alkyl halides is 2. The summed E-state index contributed by atoms with van der Waals surface area (Å²) in [5.74, 6) is 0.747. The molecule has 2 aromatic heterocycles. The van der Waals surface area contributed by atoms with Gasteiger partial charge in [0, 0.05) is 30.4 Å². The van der Waals surface area contributed by atoms with Gasteiger partial charge in [-0.05, 0) is 57.9 Å². The molecule has 3 heterocycles. The summed E-state index contributed by atoms with van der Waals surface area (Å²) >= 11 is 2.89.